The molecule has 0 saturated carbocycles. The number of hydrogen-bond donors (Lipinski definition) is 2. The van der Waals surface area contributed by atoms with Gasteiger partial charge in [-0.1, -0.05) is 84.9 Å². The molecular formula is C32H24N4NiO2S2. The number of thiazole rings is 2. The van der Waals surface area contributed by atoms with Gasteiger partial charge in [0.2, 0.25) is 10.3 Å². The largest absolute Gasteiger partial charge is 0.507 e. The Morgan fingerprint density at radius 1 is 0.512 bits per heavy atom. The first-order valence-electron chi connectivity index (χ1n) is 12.3. The van der Waals surface area contributed by atoms with E-state index in [2.05, 4.69) is 20.0 Å². The number of phenols is 2. The average Bonchev–Trinajstić information content (AvgIpc) is 3.68. The normalized spacial score (nSPS) is 10.7. The molecule has 0 aliphatic heterocycles. The molecule has 2 heterocycles. The van der Waals surface area contributed by atoms with Crippen molar-refractivity contribution in [1.82, 2.24) is 9.97 Å². The maximum Gasteiger partial charge on any atom is 0.209 e. The van der Waals surface area contributed by atoms with E-state index < -0.39 is 0 Å². The van der Waals surface area contributed by atoms with Crippen LogP contribution in [0.4, 0.5) is 10.3 Å². The van der Waals surface area contributed by atoms with Crippen molar-refractivity contribution in [3.63, 3.8) is 0 Å². The summed E-state index contributed by atoms with van der Waals surface area (Å²) in [5.74, 6) is 0.437. The Balaban J connectivity index is 0.000000184. The number of phenolic OH excluding ortho intramolecular Hbond substituents is 2. The summed E-state index contributed by atoms with van der Waals surface area (Å²) in [6.07, 6.45) is 3.26. The Kier molecular flexibility index (Phi) is 10.7. The molecule has 41 heavy (non-hydrogen) atoms. The molecule has 6 aromatic rings. The minimum atomic E-state index is 0. The third-order valence-corrected chi connectivity index (χ3v) is 7.12. The molecule has 0 bridgehead atoms. The summed E-state index contributed by atoms with van der Waals surface area (Å²) in [5, 5.41) is 24.6. The molecule has 0 unspecified atom stereocenters. The van der Waals surface area contributed by atoms with E-state index in [0.29, 0.717) is 21.4 Å². The molecule has 0 aliphatic carbocycles. The number of aliphatic imine (C=N–C) groups is 2. The number of benzene rings is 4. The zero-order chi connectivity index (χ0) is 27.6. The van der Waals surface area contributed by atoms with Gasteiger partial charge in [-0.25, -0.2) is 20.0 Å². The van der Waals surface area contributed by atoms with Crippen molar-refractivity contribution in [1.29, 1.82) is 0 Å². The predicted octanol–water partition coefficient (Wildman–Crippen LogP) is 8.53. The van der Waals surface area contributed by atoms with Crippen LogP contribution >= 0.6 is 22.7 Å². The van der Waals surface area contributed by atoms with Crippen molar-refractivity contribution in [2.24, 2.45) is 9.98 Å². The fourth-order valence-corrected chi connectivity index (χ4v) is 4.91. The number of rotatable bonds is 6. The molecule has 0 radical (unpaired) electrons. The molecule has 0 amide bonds. The van der Waals surface area contributed by atoms with Crippen LogP contribution in [0.25, 0.3) is 22.5 Å². The summed E-state index contributed by atoms with van der Waals surface area (Å²) in [7, 11) is 0. The van der Waals surface area contributed by atoms with Crippen LogP contribution in [0.2, 0.25) is 0 Å². The van der Waals surface area contributed by atoms with Gasteiger partial charge in [0.15, 0.2) is 0 Å². The molecule has 9 heteroatoms. The summed E-state index contributed by atoms with van der Waals surface area (Å²) in [4.78, 5) is 17.5. The molecule has 2 aromatic heterocycles. The fraction of sp³-hybridized carbons (Fsp3) is 0. The Morgan fingerprint density at radius 3 is 1.27 bits per heavy atom. The molecular weight excluding hydrogens is 595 g/mol. The Hall–Kier alpha value is -4.43. The van der Waals surface area contributed by atoms with Gasteiger partial charge < -0.3 is 10.2 Å². The quantitative estimate of drug-likeness (QED) is 0.144. The van der Waals surface area contributed by atoms with Gasteiger partial charge in [-0.3, -0.25) is 0 Å². The van der Waals surface area contributed by atoms with Gasteiger partial charge in [0, 0.05) is 61.9 Å². The van der Waals surface area contributed by atoms with Crippen LogP contribution in [0, 0.1) is 0 Å². The first-order chi connectivity index (χ1) is 19.7. The smallest absolute Gasteiger partial charge is 0.209 e. The van der Waals surface area contributed by atoms with E-state index >= 15 is 0 Å². The monoisotopic (exact) mass is 618 g/mol. The van der Waals surface area contributed by atoms with Crippen LogP contribution in [0.3, 0.4) is 0 Å². The van der Waals surface area contributed by atoms with Crippen molar-refractivity contribution >= 4 is 45.4 Å². The third-order valence-electron chi connectivity index (χ3n) is 5.62. The molecule has 0 saturated heterocycles. The van der Waals surface area contributed by atoms with Crippen LogP contribution in [-0.4, -0.2) is 32.6 Å². The second kappa shape index (κ2) is 14.8. The Morgan fingerprint density at radius 2 is 0.878 bits per heavy atom. The number of para-hydroxylation sites is 2. The second-order valence-electron chi connectivity index (χ2n) is 8.40. The molecule has 0 atom stereocenters. The van der Waals surface area contributed by atoms with Crippen molar-refractivity contribution in [2.45, 2.75) is 0 Å². The zero-order valence-electron chi connectivity index (χ0n) is 21.5. The number of aromatic hydroxyl groups is 2. The van der Waals surface area contributed by atoms with Gasteiger partial charge in [-0.2, -0.15) is 0 Å². The Bertz CT molecular complexity index is 1610. The molecule has 0 fully saturated rings. The summed E-state index contributed by atoms with van der Waals surface area (Å²) in [5.41, 5.74) is 5.36. The molecule has 206 valence electrons. The van der Waals surface area contributed by atoms with Crippen LogP contribution in [0.5, 0.6) is 11.5 Å². The van der Waals surface area contributed by atoms with E-state index in [1.54, 1.807) is 36.7 Å². The number of nitrogens with zero attached hydrogens (tertiary/aromatic N) is 4. The molecule has 4 aromatic carbocycles. The minimum Gasteiger partial charge on any atom is -0.507 e. The van der Waals surface area contributed by atoms with E-state index in [4.69, 9.17) is 0 Å². The van der Waals surface area contributed by atoms with E-state index in [1.807, 2.05) is 95.7 Å². The average molecular weight is 619 g/mol. The van der Waals surface area contributed by atoms with Crippen LogP contribution in [0.1, 0.15) is 11.1 Å². The third kappa shape index (κ3) is 8.28. The summed E-state index contributed by atoms with van der Waals surface area (Å²) < 4.78 is 0. The van der Waals surface area contributed by atoms with E-state index in [1.165, 1.54) is 22.7 Å². The van der Waals surface area contributed by atoms with Crippen molar-refractivity contribution in [2.75, 3.05) is 0 Å². The predicted molar refractivity (Wildman–Crippen MR) is 166 cm³/mol. The first kappa shape index (κ1) is 29.6. The van der Waals surface area contributed by atoms with Gasteiger partial charge in [-0.05, 0) is 24.3 Å². The van der Waals surface area contributed by atoms with Crippen molar-refractivity contribution in [3.05, 3.63) is 131 Å². The Labute approximate surface area is 256 Å². The van der Waals surface area contributed by atoms with Gasteiger partial charge >= 0.3 is 0 Å². The van der Waals surface area contributed by atoms with E-state index in [9.17, 15) is 10.2 Å². The maximum atomic E-state index is 9.66. The van der Waals surface area contributed by atoms with E-state index in [0.717, 1.165) is 22.5 Å². The van der Waals surface area contributed by atoms with Gasteiger partial charge in [0.05, 0.1) is 11.4 Å². The second-order valence-corrected chi connectivity index (χ2v) is 10.1. The van der Waals surface area contributed by atoms with Crippen molar-refractivity contribution < 1.29 is 26.7 Å². The molecule has 6 nitrogen and oxygen atoms in total. The molecule has 0 spiro atoms. The van der Waals surface area contributed by atoms with Crippen LogP contribution < -0.4 is 0 Å². The standard InChI is InChI=1S/2C16H12N2OS.Ni/c2*19-15-9-5-4-8-13(15)10-17-16-18-14(11-20-16)12-6-2-1-3-7-12;/h2*1-11,19H;/b2*17-10+;. The minimum absolute atomic E-state index is 0. The SMILES string of the molecule is Oc1ccccc1/C=N/c1nc(-c2ccccc2)cs1.Oc1ccccc1/C=N/c1nc(-c2ccccc2)cs1.[Ni]. The summed E-state index contributed by atoms with van der Waals surface area (Å²) >= 11 is 2.96. The summed E-state index contributed by atoms with van der Waals surface area (Å²) in [6, 6.07) is 34.2. The van der Waals surface area contributed by atoms with Crippen molar-refractivity contribution in [3.8, 4) is 34.0 Å². The topological polar surface area (TPSA) is 91.0 Å². The van der Waals surface area contributed by atoms with E-state index in [-0.39, 0.29) is 28.0 Å². The van der Waals surface area contributed by atoms with Gasteiger partial charge in [0.25, 0.3) is 0 Å². The zero-order valence-corrected chi connectivity index (χ0v) is 24.1. The number of aromatic nitrogens is 2. The maximum absolute atomic E-state index is 9.66. The molecule has 2 N–H and O–H groups in total. The van der Waals surface area contributed by atoms with Gasteiger partial charge in [0.1, 0.15) is 11.5 Å². The first-order valence-corrected chi connectivity index (χ1v) is 14.1. The fourth-order valence-electron chi connectivity index (χ4n) is 3.57. The van der Waals surface area contributed by atoms with Gasteiger partial charge in [-0.15, -0.1) is 22.7 Å². The van der Waals surface area contributed by atoms with Crippen LogP contribution in [-0.2, 0) is 16.5 Å². The molecule has 0 aliphatic rings. The summed E-state index contributed by atoms with van der Waals surface area (Å²) in [6.45, 7) is 0. The molecule has 6 rings (SSSR count). The number of hydrogen-bond acceptors (Lipinski definition) is 8. The van der Waals surface area contributed by atoms with Crippen LogP contribution in [0.15, 0.2) is 130 Å².